The monoisotopic (exact) mass is 1060 g/mol. The molecular weight excluding hydrogens is 1040 g/mol. The molecule has 61 heavy (non-hydrogen) atoms. The van der Waals surface area contributed by atoms with Crippen molar-refractivity contribution >= 4 is 69.8 Å². The summed E-state index contributed by atoms with van der Waals surface area (Å²) in [5.74, 6) is -5.37. The molecule has 0 aliphatic heterocycles. The van der Waals surface area contributed by atoms with Gasteiger partial charge in [-0.1, -0.05) is 6.07 Å². The summed E-state index contributed by atoms with van der Waals surface area (Å²) in [6.07, 6.45) is 3.50. The molecule has 0 atom stereocenters. The Kier molecular flexibility index (Phi) is 35.2. The summed E-state index contributed by atoms with van der Waals surface area (Å²) < 4.78 is 0. The van der Waals surface area contributed by atoms with Gasteiger partial charge in [0.2, 0.25) is 0 Å². The van der Waals surface area contributed by atoms with Crippen LogP contribution >= 0.6 is 23.2 Å². The number of hydrogen-bond donors (Lipinski definition) is 1. The standard InChI is InChI=1S/4C7H5NO4.C5H5N.CH2Cl2.CH4O.2Rh/c4*9-7(10)5-1-3-6(4-2-5)8(11)12;1-2-4-6-5-3-1;2-1-3;1-2;;/h4*1-4H,(H,9,10);1-5H;1H2;2H,1H3;;/q;;;;;;;2*+2/p-4. The van der Waals surface area contributed by atoms with Crippen LogP contribution in [0.15, 0.2) is 128 Å². The molecule has 0 amide bonds. The van der Waals surface area contributed by atoms with Gasteiger partial charge in [-0.3, -0.25) is 45.4 Å². The number of halogens is 2. The first-order valence-corrected chi connectivity index (χ1v) is 16.2. The zero-order valence-electron chi connectivity index (χ0n) is 30.5. The van der Waals surface area contributed by atoms with Gasteiger partial charge >= 0.3 is 39.0 Å². The molecule has 0 spiro atoms. The minimum Gasteiger partial charge on any atom is -0.545 e. The first-order chi connectivity index (χ1) is 27.9. The first-order valence-electron chi connectivity index (χ1n) is 15.1. The van der Waals surface area contributed by atoms with Crippen LogP contribution in [-0.2, 0) is 39.0 Å². The van der Waals surface area contributed by atoms with E-state index in [2.05, 4.69) is 4.98 Å². The predicted molar refractivity (Wildman–Crippen MR) is 199 cm³/mol. The topological polar surface area (TPSA) is 366 Å². The van der Waals surface area contributed by atoms with E-state index < -0.39 is 43.6 Å². The number of rotatable bonds is 8. The van der Waals surface area contributed by atoms with E-state index in [0.29, 0.717) is 0 Å². The predicted octanol–water partition coefficient (Wildman–Crippen LogP) is 1.94. The van der Waals surface area contributed by atoms with E-state index in [1.807, 2.05) is 18.2 Å². The van der Waals surface area contributed by atoms with Crippen LogP contribution in [0.2, 0.25) is 0 Å². The molecule has 0 fully saturated rings. The SMILES string of the molecule is CO.ClCCl.O=C([O-])c1ccc([N+](=O)[O-])cc1.O=C([O-])c1ccc([N+](=O)[O-])cc1.O=C([O-])c1ccc([N+](=O)[O-])cc1.O=C([O-])c1ccc([N+](=O)[O-])cc1.[Rh+2].[Rh+2].c1ccncc1. The molecule has 22 nitrogen and oxygen atoms in total. The summed E-state index contributed by atoms with van der Waals surface area (Å²) >= 11 is 9.53. The van der Waals surface area contributed by atoms with E-state index in [-0.39, 0.29) is 89.3 Å². The summed E-state index contributed by atoms with van der Waals surface area (Å²) in [4.78, 5) is 82.7. The van der Waals surface area contributed by atoms with E-state index in [4.69, 9.17) is 28.3 Å². The minimum atomic E-state index is -1.34. The third kappa shape index (κ3) is 27.6. The largest absolute Gasteiger partial charge is 2.00 e. The number of non-ortho nitro benzene ring substituents is 4. The van der Waals surface area contributed by atoms with Gasteiger partial charge in [-0.05, 0) is 82.9 Å². The molecular formula is C35H27Cl2N5O17Rh2. The van der Waals surface area contributed by atoms with Crippen molar-refractivity contribution in [2.24, 2.45) is 0 Å². The maximum atomic E-state index is 10.2. The van der Waals surface area contributed by atoms with Crippen molar-refractivity contribution in [3.05, 3.63) is 190 Å². The maximum Gasteiger partial charge on any atom is 2.00 e. The molecule has 0 aliphatic carbocycles. The number of nitrogens with zero attached hydrogens (tertiary/aromatic N) is 5. The van der Waals surface area contributed by atoms with Gasteiger partial charge < -0.3 is 44.7 Å². The van der Waals surface area contributed by atoms with Crippen molar-refractivity contribution in [2.45, 2.75) is 0 Å². The number of nitro groups is 4. The molecule has 326 valence electrons. The fraction of sp³-hybridized carbons (Fsp3) is 0.0571. The molecule has 0 bridgehead atoms. The van der Waals surface area contributed by atoms with Crippen LogP contribution in [0.4, 0.5) is 22.7 Å². The zero-order valence-corrected chi connectivity index (χ0v) is 35.3. The average Bonchev–Trinajstić information content (AvgIpc) is 3.23. The van der Waals surface area contributed by atoms with Crippen LogP contribution < -0.4 is 20.4 Å². The Morgan fingerprint density at radius 2 is 0.607 bits per heavy atom. The molecule has 0 aliphatic rings. The molecule has 4 aromatic carbocycles. The fourth-order valence-electron chi connectivity index (χ4n) is 3.19. The third-order valence-electron chi connectivity index (χ3n) is 5.82. The molecule has 1 aromatic heterocycles. The Bertz CT molecular complexity index is 1680. The number of carbonyl (C=O) groups is 4. The van der Waals surface area contributed by atoms with E-state index in [1.165, 1.54) is 0 Å². The second kappa shape index (κ2) is 35.3. The van der Waals surface area contributed by atoms with Crippen LogP contribution in [0.25, 0.3) is 0 Å². The molecule has 26 heteroatoms. The Morgan fingerprint density at radius 3 is 0.689 bits per heavy atom. The van der Waals surface area contributed by atoms with Crippen LogP contribution in [0.3, 0.4) is 0 Å². The van der Waals surface area contributed by atoms with Crippen molar-refractivity contribution in [3.63, 3.8) is 0 Å². The Balaban J connectivity index is -0.000000325. The Labute approximate surface area is 379 Å². The van der Waals surface area contributed by atoms with Crippen LogP contribution in [0.5, 0.6) is 0 Å². The zero-order chi connectivity index (χ0) is 45.5. The molecule has 0 saturated heterocycles. The van der Waals surface area contributed by atoms with Crippen LogP contribution in [0, 0.1) is 40.5 Å². The second-order valence-electron chi connectivity index (χ2n) is 9.49. The molecule has 0 unspecified atom stereocenters. The van der Waals surface area contributed by atoms with Gasteiger partial charge in [-0.15, -0.1) is 23.2 Å². The number of aliphatic hydroxyl groups is 1. The number of pyridine rings is 1. The van der Waals surface area contributed by atoms with Gasteiger partial charge in [-0.25, -0.2) is 0 Å². The normalized spacial score (nSPS) is 8.52. The Morgan fingerprint density at radius 1 is 0.443 bits per heavy atom. The molecule has 0 saturated carbocycles. The number of benzene rings is 4. The van der Waals surface area contributed by atoms with E-state index in [0.717, 1.165) is 104 Å². The van der Waals surface area contributed by atoms with Crippen molar-refractivity contribution in [1.29, 1.82) is 0 Å². The second-order valence-corrected chi connectivity index (χ2v) is 10.3. The first kappa shape index (κ1) is 61.0. The number of nitro benzene ring substituents is 4. The summed E-state index contributed by atoms with van der Waals surface area (Å²) in [6, 6.07) is 23.7. The van der Waals surface area contributed by atoms with Gasteiger partial charge in [-0.2, -0.15) is 0 Å². The number of carboxylic acid groups (broad SMARTS) is 4. The van der Waals surface area contributed by atoms with E-state index in [9.17, 15) is 80.1 Å². The summed E-state index contributed by atoms with van der Waals surface area (Å²) in [5.41, 5.74) is -0.831. The van der Waals surface area contributed by atoms with Gasteiger partial charge in [0.15, 0.2) is 0 Å². The van der Waals surface area contributed by atoms with E-state index >= 15 is 0 Å². The number of aromatic carboxylic acids is 4. The number of carbonyl (C=O) groups excluding carboxylic acids is 4. The summed E-state index contributed by atoms with van der Waals surface area (Å²) in [7, 11) is 1.00. The minimum absolute atomic E-state index is 0. The fourth-order valence-corrected chi connectivity index (χ4v) is 3.19. The van der Waals surface area contributed by atoms with Crippen molar-refractivity contribution < 1.29 is 103 Å². The molecule has 5 aromatic rings. The van der Waals surface area contributed by atoms with Crippen molar-refractivity contribution in [1.82, 2.24) is 4.98 Å². The van der Waals surface area contributed by atoms with Gasteiger partial charge in [0.1, 0.15) is 0 Å². The number of alkyl halides is 2. The number of hydrogen-bond acceptors (Lipinski definition) is 18. The molecule has 5 rings (SSSR count). The Hall–Kier alpha value is -6.70. The van der Waals surface area contributed by atoms with Gasteiger partial charge in [0.25, 0.3) is 22.7 Å². The van der Waals surface area contributed by atoms with Crippen LogP contribution in [0.1, 0.15) is 41.4 Å². The third-order valence-corrected chi connectivity index (χ3v) is 5.82. The van der Waals surface area contributed by atoms with Gasteiger partial charge in [0, 0.05) is 68.0 Å². The number of aliphatic hydroxyl groups excluding tert-OH is 1. The number of aromatic nitrogens is 1. The molecule has 2 radical (unpaired) electrons. The van der Waals surface area contributed by atoms with E-state index in [1.54, 1.807) is 12.4 Å². The molecule has 1 N–H and O–H groups in total. The van der Waals surface area contributed by atoms with Crippen molar-refractivity contribution in [3.8, 4) is 0 Å². The van der Waals surface area contributed by atoms with Crippen LogP contribution in [-0.4, -0.2) is 66.1 Å². The maximum absolute atomic E-state index is 10.2. The quantitative estimate of drug-likeness (QED) is 0.100. The van der Waals surface area contributed by atoms with Crippen molar-refractivity contribution in [2.75, 3.05) is 12.4 Å². The summed E-state index contributed by atoms with van der Waals surface area (Å²) in [6.45, 7) is 0. The van der Waals surface area contributed by atoms with Gasteiger partial charge in [0.05, 0.1) is 48.9 Å². The average molecular weight is 1070 g/mol. The molecule has 1 heterocycles. The number of carboxylic acids is 4. The smallest absolute Gasteiger partial charge is 0.545 e. The summed E-state index contributed by atoms with van der Waals surface area (Å²) in [5, 5.41) is 88.5.